The molecule has 0 saturated heterocycles. The lowest BCUT2D eigenvalue weighted by Crippen LogP contribution is -2.26. The highest BCUT2D eigenvalue weighted by molar-refractivity contribution is 7.93. The van der Waals surface area contributed by atoms with E-state index in [1.54, 1.807) is 12.1 Å². The van der Waals surface area contributed by atoms with Gasteiger partial charge in [0.1, 0.15) is 0 Å². The minimum atomic E-state index is -3.39. The Balaban J connectivity index is 1.94. The van der Waals surface area contributed by atoms with Crippen LogP contribution in [0, 0.1) is 0 Å². The molecule has 2 aromatic carbocycles. The molecule has 0 saturated carbocycles. The van der Waals surface area contributed by atoms with Gasteiger partial charge in [-0.05, 0) is 49.1 Å². The molecule has 3 rings (SSSR count). The predicted octanol–water partition coefficient (Wildman–Crippen LogP) is 3.35. The maximum absolute atomic E-state index is 12.1. The summed E-state index contributed by atoms with van der Waals surface area (Å²) in [6, 6.07) is 9.36. The van der Waals surface area contributed by atoms with E-state index in [-0.39, 0.29) is 0 Å². The second kappa shape index (κ2) is 4.83. The van der Waals surface area contributed by atoms with Gasteiger partial charge in [-0.2, -0.15) is 0 Å². The largest absolute Gasteiger partial charge is 0.417 e. The van der Waals surface area contributed by atoms with Crippen LogP contribution >= 0.6 is 0 Å². The van der Waals surface area contributed by atoms with Gasteiger partial charge in [-0.3, -0.25) is 4.72 Å². The van der Waals surface area contributed by atoms with Gasteiger partial charge in [0.2, 0.25) is 0 Å². The van der Waals surface area contributed by atoms with Gasteiger partial charge in [-0.15, -0.1) is 0 Å². The van der Waals surface area contributed by atoms with Crippen LogP contribution in [-0.2, 0) is 20.9 Å². The van der Waals surface area contributed by atoms with Crippen molar-refractivity contribution >= 4 is 34.8 Å². The van der Waals surface area contributed by atoms with Gasteiger partial charge in [-0.25, -0.2) is 8.42 Å². The summed E-state index contributed by atoms with van der Waals surface area (Å²) in [6.07, 6.45) is 0.791. The first kappa shape index (κ1) is 14.6. The number of anilines is 1. The van der Waals surface area contributed by atoms with Crippen LogP contribution in [0.3, 0.4) is 0 Å². The fraction of sp³-hybridized carbons (Fsp3) is 0.333. The average Bonchev–Trinajstić information content (AvgIpc) is 2.61. The monoisotopic (exact) mass is 321 g/mol. The number of hydrogen-bond acceptors (Lipinski definition) is 3. The molecule has 0 aliphatic carbocycles. The summed E-state index contributed by atoms with van der Waals surface area (Å²) < 4.78 is 32.6. The van der Waals surface area contributed by atoms with Gasteiger partial charge >= 0.3 is 0 Å². The molecule has 21 heavy (non-hydrogen) atoms. The first-order valence-electron chi connectivity index (χ1n) is 6.99. The number of rotatable bonds is 4. The lowest BCUT2D eigenvalue weighted by atomic mass is 10.0. The van der Waals surface area contributed by atoms with E-state index in [4.69, 9.17) is 4.43 Å². The highest BCUT2D eigenvalue weighted by Crippen LogP contribution is 2.38. The molecule has 0 spiro atoms. The molecule has 0 aromatic heterocycles. The number of nitrogens with one attached hydrogen (secondary N) is 1. The topological polar surface area (TPSA) is 55.4 Å². The highest BCUT2D eigenvalue weighted by Gasteiger charge is 2.27. The highest BCUT2D eigenvalue weighted by atomic mass is 32.2. The van der Waals surface area contributed by atoms with Crippen LogP contribution in [-0.4, -0.2) is 23.3 Å². The van der Waals surface area contributed by atoms with Gasteiger partial charge in [0.15, 0.2) is 8.32 Å². The van der Waals surface area contributed by atoms with Crippen LogP contribution in [0.1, 0.15) is 5.56 Å². The lowest BCUT2D eigenvalue weighted by molar-refractivity contribution is 0.316. The molecule has 1 aliphatic heterocycles. The zero-order valence-electron chi connectivity index (χ0n) is 12.4. The van der Waals surface area contributed by atoms with Crippen LogP contribution in [0.5, 0.6) is 0 Å². The molecule has 6 heteroatoms. The molecule has 2 aromatic rings. The van der Waals surface area contributed by atoms with Crippen molar-refractivity contribution in [3.05, 3.63) is 35.9 Å². The third-order valence-corrected chi connectivity index (χ3v) is 5.94. The van der Waals surface area contributed by atoms with Gasteiger partial charge in [0, 0.05) is 12.0 Å². The Hall–Kier alpha value is -1.37. The molecule has 1 aliphatic rings. The number of hydrogen-bond donors (Lipinski definition) is 1. The zero-order valence-corrected chi connectivity index (χ0v) is 14.3. The Bertz CT molecular complexity index is 810. The first-order valence-corrected chi connectivity index (χ1v) is 11.9. The van der Waals surface area contributed by atoms with Crippen LogP contribution in [0.15, 0.2) is 35.2 Å². The molecular formula is C15H19NO3SSi. The van der Waals surface area contributed by atoms with Gasteiger partial charge in [0.25, 0.3) is 10.0 Å². The van der Waals surface area contributed by atoms with Gasteiger partial charge in [-0.1, -0.05) is 18.2 Å². The lowest BCUT2D eigenvalue weighted by Gasteiger charge is -2.17. The molecule has 0 unspecified atom stereocenters. The maximum Gasteiger partial charge on any atom is 0.262 e. The number of sulfonamides is 1. The van der Waals surface area contributed by atoms with Crippen molar-refractivity contribution in [2.24, 2.45) is 0 Å². The minimum absolute atomic E-state index is 0.375. The van der Waals surface area contributed by atoms with Crippen molar-refractivity contribution in [2.45, 2.75) is 31.0 Å². The van der Waals surface area contributed by atoms with Gasteiger partial charge in [0.05, 0.1) is 10.6 Å². The Morgan fingerprint density at radius 2 is 1.95 bits per heavy atom. The SMILES string of the molecule is C[Si](C)(C)OCCc1cc2c3c(cccc3c1)S(=O)(=O)N2. The van der Waals surface area contributed by atoms with Crippen LogP contribution in [0.2, 0.25) is 19.6 Å². The van der Waals surface area contributed by atoms with E-state index in [2.05, 4.69) is 30.4 Å². The Kier molecular flexibility index (Phi) is 3.35. The summed E-state index contributed by atoms with van der Waals surface area (Å²) in [6.45, 7) is 7.15. The van der Waals surface area contributed by atoms with E-state index in [9.17, 15) is 8.42 Å². The molecule has 1 N–H and O–H groups in total. The molecule has 4 nitrogen and oxygen atoms in total. The Labute approximate surface area is 126 Å². The summed E-state index contributed by atoms with van der Waals surface area (Å²) >= 11 is 0. The molecule has 1 heterocycles. The van der Waals surface area contributed by atoms with E-state index in [1.807, 2.05) is 12.1 Å². The second-order valence-electron chi connectivity index (χ2n) is 6.31. The van der Waals surface area contributed by atoms with Gasteiger partial charge < -0.3 is 4.43 Å². The molecule has 0 bridgehead atoms. The van der Waals surface area contributed by atoms with Crippen molar-refractivity contribution < 1.29 is 12.8 Å². The van der Waals surface area contributed by atoms with Crippen molar-refractivity contribution in [1.82, 2.24) is 0 Å². The van der Waals surface area contributed by atoms with E-state index >= 15 is 0 Å². The standard InChI is InChI=1S/C15H19NO3SSi/c1-21(2,3)19-8-7-11-9-12-5-4-6-14-15(12)13(10-11)16-20(14,17)18/h4-6,9-10,16H,7-8H2,1-3H3. The third-order valence-electron chi connectivity index (χ3n) is 3.46. The average molecular weight is 321 g/mol. The van der Waals surface area contributed by atoms with E-state index in [1.165, 1.54) is 0 Å². The first-order chi connectivity index (χ1) is 9.76. The molecule has 0 atom stereocenters. The number of benzene rings is 2. The summed E-state index contributed by atoms with van der Waals surface area (Å²) in [4.78, 5) is 0.375. The molecule has 0 radical (unpaired) electrons. The van der Waals surface area contributed by atoms with Crippen molar-refractivity contribution in [3.8, 4) is 0 Å². The Morgan fingerprint density at radius 1 is 1.19 bits per heavy atom. The third kappa shape index (κ3) is 2.83. The fourth-order valence-corrected chi connectivity index (χ4v) is 4.61. The van der Waals surface area contributed by atoms with Crippen molar-refractivity contribution in [2.75, 3.05) is 11.3 Å². The maximum atomic E-state index is 12.1. The van der Waals surface area contributed by atoms with Crippen molar-refractivity contribution in [1.29, 1.82) is 0 Å². The van der Waals surface area contributed by atoms with Crippen molar-refractivity contribution in [3.63, 3.8) is 0 Å². The molecule has 0 fully saturated rings. The smallest absolute Gasteiger partial charge is 0.262 e. The summed E-state index contributed by atoms with van der Waals surface area (Å²) in [7, 11) is -4.90. The van der Waals surface area contributed by atoms with Crippen LogP contribution < -0.4 is 4.72 Å². The molecule has 112 valence electrons. The fourth-order valence-electron chi connectivity index (χ4n) is 2.58. The molecule has 0 amide bonds. The zero-order chi connectivity index (χ0) is 15.3. The molecular weight excluding hydrogens is 302 g/mol. The quantitative estimate of drug-likeness (QED) is 0.879. The Morgan fingerprint density at radius 3 is 2.67 bits per heavy atom. The normalized spacial score (nSPS) is 16.1. The van der Waals surface area contributed by atoms with E-state index in [0.29, 0.717) is 17.2 Å². The van der Waals surface area contributed by atoms with Crippen LogP contribution in [0.4, 0.5) is 5.69 Å². The second-order valence-corrected chi connectivity index (χ2v) is 12.5. The summed E-state index contributed by atoms with van der Waals surface area (Å²) in [5.41, 5.74) is 1.78. The summed E-state index contributed by atoms with van der Waals surface area (Å²) in [5.74, 6) is 0. The summed E-state index contributed by atoms with van der Waals surface area (Å²) in [5, 5.41) is 1.76. The van der Waals surface area contributed by atoms with E-state index < -0.39 is 18.3 Å². The predicted molar refractivity (Wildman–Crippen MR) is 87.8 cm³/mol. The van der Waals surface area contributed by atoms with Crippen LogP contribution in [0.25, 0.3) is 10.8 Å². The van der Waals surface area contributed by atoms with E-state index in [0.717, 1.165) is 22.8 Å². The minimum Gasteiger partial charge on any atom is -0.417 e.